The van der Waals surface area contributed by atoms with Crippen LogP contribution in [0, 0.1) is 6.92 Å². The van der Waals surface area contributed by atoms with Gasteiger partial charge in [0.2, 0.25) is 10.0 Å². The molecule has 0 spiro atoms. The molecule has 1 N–H and O–H groups in total. The van der Waals surface area contributed by atoms with Gasteiger partial charge in [-0.05, 0) is 13.3 Å². The summed E-state index contributed by atoms with van der Waals surface area (Å²) in [5.41, 5.74) is 1.60. The summed E-state index contributed by atoms with van der Waals surface area (Å²) in [7, 11) is -1.65. The van der Waals surface area contributed by atoms with Gasteiger partial charge >= 0.3 is 0 Å². The molecule has 1 saturated heterocycles. The molecule has 160 valence electrons. The molecule has 3 heterocycles. The summed E-state index contributed by atoms with van der Waals surface area (Å²) in [5, 5.41) is 8.21. The van der Waals surface area contributed by atoms with Gasteiger partial charge in [0.25, 0.3) is 0 Å². The molecule has 2 aromatic heterocycles. The van der Waals surface area contributed by atoms with Crippen molar-refractivity contribution < 1.29 is 12.9 Å². The highest BCUT2D eigenvalue weighted by Crippen LogP contribution is 2.18. The quantitative estimate of drug-likeness (QED) is 0.511. The van der Waals surface area contributed by atoms with E-state index in [9.17, 15) is 8.42 Å². The SMILES string of the molecule is CCc1nc(CCNC(=NC)N2CCN(S(=O)(=O)Cc3ccon3)CC2)sc1C. The first kappa shape index (κ1) is 21.7. The second-order valence-electron chi connectivity index (χ2n) is 6.82. The molecule has 0 aromatic carbocycles. The zero-order valence-electron chi connectivity index (χ0n) is 17.1. The molecule has 0 aliphatic carbocycles. The van der Waals surface area contributed by atoms with E-state index >= 15 is 0 Å². The van der Waals surface area contributed by atoms with Crippen LogP contribution in [0.2, 0.25) is 0 Å². The molecule has 0 saturated carbocycles. The first-order valence-electron chi connectivity index (χ1n) is 9.70. The van der Waals surface area contributed by atoms with Crippen molar-refractivity contribution in [1.82, 2.24) is 24.7 Å². The number of nitrogens with one attached hydrogen (secondary N) is 1. The van der Waals surface area contributed by atoms with Gasteiger partial charge in [0.15, 0.2) is 5.96 Å². The number of nitrogens with zero attached hydrogens (tertiary/aromatic N) is 5. The van der Waals surface area contributed by atoms with E-state index in [1.165, 1.54) is 21.1 Å². The number of hydrogen-bond acceptors (Lipinski definition) is 7. The summed E-state index contributed by atoms with van der Waals surface area (Å²) >= 11 is 1.75. The first-order chi connectivity index (χ1) is 13.9. The van der Waals surface area contributed by atoms with Crippen LogP contribution >= 0.6 is 11.3 Å². The van der Waals surface area contributed by atoms with E-state index in [1.807, 2.05) is 0 Å². The predicted octanol–water partition coefficient (Wildman–Crippen LogP) is 1.27. The molecule has 0 unspecified atom stereocenters. The number of piperazine rings is 1. The molecule has 0 atom stereocenters. The van der Waals surface area contributed by atoms with Gasteiger partial charge in [-0.25, -0.2) is 13.4 Å². The van der Waals surface area contributed by atoms with Crippen LogP contribution in [-0.2, 0) is 28.6 Å². The van der Waals surface area contributed by atoms with E-state index in [2.05, 4.69) is 39.2 Å². The summed E-state index contributed by atoms with van der Waals surface area (Å²) in [5.74, 6) is 0.659. The van der Waals surface area contributed by atoms with Gasteiger partial charge in [0.05, 0.1) is 16.4 Å². The Labute approximate surface area is 175 Å². The Morgan fingerprint density at radius 1 is 1.34 bits per heavy atom. The van der Waals surface area contributed by atoms with E-state index in [0.717, 1.165) is 30.4 Å². The first-order valence-corrected chi connectivity index (χ1v) is 12.1. The van der Waals surface area contributed by atoms with Crippen molar-refractivity contribution in [3.05, 3.63) is 33.6 Å². The predicted molar refractivity (Wildman–Crippen MR) is 114 cm³/mol. The number of sulfonamides is 1. The van der Waals surface area contributed by atoms with Crippen molar-refractivity contribution >= 4 is 27.3 Å². The average molecular weight is 441 g/mol. The van der Waals surface area contributed by atoms with E-state index < -0.39 is 10.0 Å². The fraction of sp³-hybridized carbons (Fsp3) is 0.611. The van der Waals surface area contributed by atoms with E-state index in [1.54, 1.807) is 24.5 Å². The lowest BCUT2D eigenvalue weighted by Gasteiger charge is -2.35. The molecule has 1 aliphatic rings. The summed E-state index contributed by atoms with van der Waals surface area (Å²) < 4.78 is 31.3. The molecule has 1 aliphatic heterocycles. The Morgan fingerprint density at radius 3 is 2.69 bits per heavy atom. The number of thiazole rings is 1. The van der Waals surface area contributed by atoms with Crippen molar-refractivity contribution in [3.8, 4) is 0 Å². The lowest BCUT2D eigenvalue weighted by molar-refractivity contribution is 0.260. The number of rotatable bonds is 7. The molecule has 29 heavy (non-hydrogen) atoms. The Kier molecular flexibility index (Phi) is 7.25. The summed E-state index contributed by atoms with van der Waals surface area (Å²) in [6.45, 7) is 7.01. The number of guanidine groups is 1. The lowest BCUT2D eigenvalue weighted by Crippen LogP contribution is -2.54. The zero-order chi connectivity index (χ0) is 20.9. The van der Waals surface area contributed by atoms with Crippen LogP contribution in [0.1, 0.15) is 28.2 Å². The number of hydrogen-bond donors (Lipinski definition) is 1. The van der Waals surface area contributed by atoms with E-state index in [-0.39, 0.29) is 5.75 Å². The smallest absolute Gasteiger partial charge is 0.220 e. The standard InChI is InChI=1S/C18H28N6O3S2/c1-4-16-14(2)28-17(21-16)5-7-20-18(19-3)23-8-10-24(11-9-23)29(25,26)13-15-6-12-27-22-15/h6,12H,4-5,7-11,13H2,1-3H3,(H,19,20). The maximum absolute atomic E-state index is 12.6. The zero-order valence-corrected chi connectivity index (χ0v) is 18.7. The molecule has 1 fully saturated rings. The minimum Gasteiger partial charge on any atom is -0.364 e. The highest BCUT2D eigenvalue weighted by atomic mass is 32.2. The fourth-order valence-electron chi connectivity index (χ4n) is 3.30. The van der Waals surface area contributed by atoms with Crippen molar-refractivity contribution in [2.45, 2.75) is 32.4 Å². The third-order valence-electron chi connectivity index (χ3n) is 4.86. The monoisotopic (exact) mass is 440 g/mol. The second-order valence-corrected chi connectivity index (χ2v) is 10.1. The fourth-order valence-corrected chi connectivity index (χ4v) is 5.75. The molecule has 0 bridgehead atoms. The van der Waals surface area contributed by atoms with E-state index in [0.29, 0.717) is 31.9 Å². The van der Waals surface area contributed by atoms with Crippen LogP contribution in [0.5, 0.6) is 0 Å². The van der Waals surface area contributed by atoms with Crippen LogP contribution in [-0.4, -0.2) is 73.5 Å². The van der Waals surface area contributed by atoms with Crippen molar-refractivity contribution in [2.24, 2.45) is 4.99 Å². The summed E-state index contributed by atoms with van der Waals surface area (Å²) in [6.07, 6.45) is 3.19. The molecule has 2 aromatic rings. The van der Waals surface area contributed by atoms with E-state index in [4.69, 9.17) is 4.52 Å². The molecular weight excluding hydrogens is 412 g/mol. The normalized spacial score (nSPS) is 16.4. The largest absolute Gasteiger partial charge is 0.364 e. The molecule has 0 radical (unpaired) electrons. The molecule has 0 amide bonds. The maximum Gasteiger partial charge on any atom is 0.220 e. The van der Waals surface area contributed by atoms with Crippen LogP contribution in [0.4, 0.5) is 0 Å². The third kappa shape index (κ3) is 5.55. The Hall–Kier alpha value is -1.98. The van der Waals surface area contributed by atoms with Crippen LogP contribution in [0.25, 0.3) is 0 Å². The van der Waals surface area contributed by atoms with Crippen molar-refractivity contribution in [1.29, 1.82) is 0 Å². The van der Waals surface area contributed by atoms with Gasteiger partial charge in [-0.3, -0.25) is 4.99 Å². The lowest BCUT2D eigenvalue weighted by atomic mass is 10.3. The van der Waals surface area contributed by atoms with Crippen molar-refractivity contribution in [3.63, 3.8) is 0 Å². The summed E-state index contributed by atoms with van der Waals surface area (Å²) in [6, 6.07) is 1.58. The molecule has 11 heteroatoms. The molecular formula is C18H28N6O3S2. The number of aryl methyl sites for hydroxylation is 2. The highest BCUT2D eigenvalue weighted by Gasteiger charge is 2.28. The van der Waals surface area contributed by atoms with Gasteiger partial charge in [-0.1, -0.05) is 12.1 Å². The van der Waals surface area contributed by atoms with Gasteiger partial charge in [-0.2, -0.15) is 4.31 Å². The summed E-state index contributed by atoms with van der Waals surface area (Å²) in [4.78, 5) is 12.4. The Morgan fingerprint density at radius 2 is 2.10 bits per heavy atom. The van der Waals surface area contributed by atoms with Crippen LogP contribution < -0.4 is 5.32 Å². The third-order valence-corrected chi connectivity index (χ3v) is 7.74. The topological polar surface area (TPSA) is 104 Å². The minimum atomic E-state index is -3.40. The highest BCUT2D eigenvalue weighted by molar-refractivity contribution is 7.88. The second kappa shape index (κ2) is 9.68. The van der Waals surface area contributed by atoms with Gasteiger partial charge < -0.3 is 14.7 Å². The Balaban J connectivity index is 1.48. The van der Waals surface area contributed by atoms with Crippen LogP contribution in [0.3, 0.4) is 0 Å². The van der Waals surface area contributed by atoms with Gasteiger partial charge in [0.1, 0.15) is 12.0 Å². The number of aromatic nitrogens is 2. The van der Waals surface area contributed by atoms with Crippen molar-refractivity contribution in [2.75, 3.05) is 39.8 Å². The van der Waals surface area contributed by atoms with Gasteiger partial charge in [0, 0.05) is 57.1 Å². The average Bonchev–Trinajstić information content (AvgIpc) is 3.34. The maximum atomic E-state index is 12.6. The minimum absolute atomic E-state index is 0.135. The van der Waals surface area contributed by atoms with Gasteiger partial charge in [-0.15, -0.1) is 11.3 Å². The molecule has 9 nitrogen and oxygen atoms in total. The number of aliphatic imine (C=N–C) groups is 1. The Bertz CT molecular complexity index is 916. The molecule has 3 rings (SSSR count). The van der Waals surface area contributed by atoms with Crippen LogP contribution in [0.15, 0.2) is 21.8 Å².